The predicted molar refractivity (Wildman–Crippen MR) is 126 cm³/mol. The van der Waals surface area contributed by atoms with Gasteiger partial charge in [-0.15, -0.1) is 5.10 Å². The Morgan fingerprint density at radius 1 is 1.24 bits per heavy atom. The van der Waals surface area contributed by atoms with Gasteiger partial charge in [-0.05, 0) is 52.8 Å². The number of aliphatic hydroxyl groups excluding tert-OH is 1. The van der Waals surface area contributed by atoms with E-state index in [-0.39, 0.29) is 24.1 Å². The summed E-state index contributed by atoms with van der Waals surface area (Å²) in [5.41, 5.74) is 1.23. The minimum Gasteiger partial charge on any atom is -0.497 e. The minimum absolute atomic E-state index is 0.0170. The Morgan fingerprint density at radius 3 is 2.73 bits per heavy atom. The van der Waals surface area contributed by atoms with E-state index in [0.29, 0.717) is 30.4 Å². The normalized spacial score (nSPS) is 16.1. The van der Waals surface area contributed by atoms with Crippen LogP contribution in [-0.4, -0.2) is 55.5 Å². The van der Waals surface area contributed by atoms with Crippen LogP contribution in [0, 0.1) is 5.92 Å². The summed E-state index contributed by atoms with van der Waals surface area (Å²) in [6.07, 6.45) is 5.80. The second-order valence-corrected chi connectivity index (χ2v) is 9.23. The van der Waals surface area contributed by atoms with Crippen LogP contribution in [0.3, 0.4) is 0 Å². The highest BCUT2D eigenvalue weighted by molar-refractivity contribution is 5.80. The molecule has 0 spiro atoms. The van der Waals surface area contributed by atoms with Crippen molar-refractivity contribution in [2.24, 2.45) is 5.92 Å². The first-order valence-electron chi connectivity index (χ1n) is 11.8. The Bertz CT molecular complexity index is 1120. The third-order valence-corrected chi connectivity index (χ3v) is 6.62. The molecule has 9 heteroatoms. The Morgan fingerprint density at radius 2 is 2.03 bits per heavy atom. The number of nitrogens with one attached hydrogen (secondary N) is 1. The van der Waals surface area contributed by atoms with Gasteiger partial charge < -0.3 is 14.8 Å². The van der Waals surface area contributed by atoms with E-state index in [1.165, 1.54) is 19.3 Å². The van der Waals surface area contributed by atoms with Gasteiger partial charge in [0.1, 0.15) is 5.75 Å². The standard InChI is InChI=1S/C24H34N6O3/c1-16(2)22(23-26-27-28-30(23)19-7-5-4-6-8-19)29(11-12-31)15-18-13-17-9-10-20(33-3)14-21(17)25-24(18)32/h9-10,13-14,16,19,22,31H,4-8,11-12,15H2,1-3H3,(H,25,32). The summed E-state index contributed by atoms with van der Waals surface area (Å²) in [5, 5.41) is 23.6. The molecule has 33 heavy (non-hydrogen) atoms. The number of hydrogen-bond donors (Lipinski definition) is 2. The number of fused-ring (bicyclic) bond motifs is 1. The molecule has 178 valence electrons. The predicted octanol–water partition coefficient (Wildman–Crippen LogP) is 3.22. The van der Waals surface area contributed by atoms with Crippen LogP contribution in [0.15, 0.2) is 29.1 Å². The molecule has 0 amide bonds. The van der Waals surface area contributed by atoms with Crippen LogP contribution in [0.2, 0.25) is 0 Å². The highest BCUT2D eigenvalue weighted by Gasteiger charge is 2.32. The van der Waals surface area contributed by atoms with Crippen molar-refractivity contribution in [3.05, 3.63) is 46.0 Å². The maximum absolute atomic E-state index is 12.9. The number of benzene rings is 1. The van der Waals surface area contributed by atoms with Crippen molar-refractivity contribution in [1.82, 2.24) is 30.1 Å². The fourth-order valence-electron chi connectivity index (χ4n) is 5.00. The molecule has 0 saturated heterocycles. The fraction of sp³-hybridized carbons (Fsp3) is 0.583. The van der Waals surface area contributed by atoms with Crippen LogP contribution >= 0.6 is 0 Å². The van der Waals surface area contributed by atoms with Crippen molar-refractivity contribution in [1.29, 1.82) is 0 Å². The summed E-state index contributed by atoms with van der Waals surface area (Å²) in [6, 6.07) is 7.74. The smallest absolute Gasteiger partial charge is 0.252 e. The van der Waals surface area contributed by atoms with Gasteiger partial charge in [0, 0.05) is 24.7 Å². The maximum atomic E-state index is 12.9. The van der Waals surface area contributed by atoms with Gasteiger partial charge in [-0.2, -0.15) is 0 Å². The highest BCUT2D eigenvalue weighted by atomic mass is 16.5. The van der Waals surface area contributed by atoms with Gasteiger partial charge in [0.25, 0.3) is 5.56 Å². The van der Waals surface area contributed by atoms with Crippen LogP contribution in [0.5, 0.6) is 5.75 Å². The van der Waals surface area contributed by atoms with Gasteiger partial charge in [0.15, 0.2) is 5.82 Å². The summed E-state index contributed by atoms with van der Waals surface area (Å²) in [5.74, 6) is 1.70. The molecule has 9 nitrogen and oxygen atoms in total. The molecule has 1 aliphatic carbocycles. The number of aromatic nitrogens is 5. The summed E-state index contributed by atoms with van der Waals surface area (Å²) in [4.78, 5) is 18.0. The molecule has 1 fully saturated rings. The van der Waals surface area contributed by atoms with E-state index in [2.05, 4.69) is 39.3 Å². The zero-order chi connectivity index (χ0) is 23.4. The van der Waals surface area contributed by atoms with Crippen molar-refractivity contribution in [3.63, 3.8) is 0 Å². The Balaban J connectivity index is 1.67. The SMILES string of the molecule is COc1ccc2cc(CN(CCO)C(c3nnnn3C3CCCCC3)C(C)C)c(=O)[nH]c2c1. The van der Waals surface area contributed by atoms with E-state index < -0.39 is 0 Å². The molecule has 1 unspecified atom stereocenters. The number of pyridine rings is 1. The molecule has 1 atom stereocenters. The average molecular weight is 455 g/mol. The number of nitrogens with zero attached hydrogens (tertiary/aromatic N) is 5. The van der Waals surface area contributed by atoms with E-state index in [1.807, 2.05) is 28.9 Å². The van der Waals surface area contributed by atoms with Gasteiger partial charge in [0.05, 0.1) is 31.3 Å². The summed E-state index contributed by atoms with van der Waals surface area (Å²) >= 11 is 0. The van der Waals surface area contributed by atoms with E-state index >= 15 is 0 Å². The zero-order valence-electron chi connectivity index (χ0n) is 19.7. The first-order valence-corrected chi connectivity index (χ1v) is 11.8. The first-order chi connectivity index (χ1) is 16.0. The number of ether oxygens (including phenoxy) is 1. The van der Waals surface area contributed by atoms with E-state index in [1.54, 1.807) is 7.11 Å². The highest BCUT2D eigenvalue weighted by Crippen LogP contribution is 2.33. The molecule has 1 aromatic carbocycles. The summed E-state index contributed by atoms with van der Waals surface area (Å²) in [7, 11) is 1.60. The van der Waals surface area contributed by atoms with Crippen molar-refractivity contribution in [2.75, 3.05) is 20.3 Å². The lowest BCUT2D eigenvalue weighted by Crippen LogP contribution is -2.38. The number of aliphatic hydroxyl groups is 1. The van der Waals surface area contributed by atoms with E-state index in [9.17, 15) is 9.90 Å². The van der Waals surface area contributed by atoms with Crippen LogP contribution in [0.1, 0.15) is 69.4 Å². The summed E-state index contributed by atoms with van der Waals surface area (Å²) in [6.45, 7) is 5.05. The Hall–Kier alpha value is -2.78. The Labute approximate surface area is 193 Å². The van der Waals surface area contributed by atoms with E-state index in [0.717, 1.165) is 29.6 Å². The van der Waals surface area contributed by atoms with Gasteiger partial charge in [-0.3, -0.25) is 9.69 Å². The third kappa shape index (κ3) is 5.09. The maximum Gasteiger partial charge on any atom is 0.252 e. The number of rotatable bonds is 9. The van der Waals surface area contributed by atoms with Crippen LogP contribution in [-0.2, 0) is 6.54 Å². The topological polar surface area (TPSA) is 109 Å². The fourth-order valence-corrected chi connectivity index (χ4v) is 5.00. The number of hydrogen-bond acceptors (Lipinski definition) is 7. The second kappa shape index (κ2) is 10.4. The molecule has 2 heterocycles. The third-order valence-electron chi connectivity index (χ3n) is 6.62. The molecule has 2 aromatic heterocycles. The van der Waals surface area contributed by atoms with E-state index in [4.69, 9.17) is 4.74 Å². The molecule has 0 aliphatic heterocycles. The van der Waals surface area contributed by atoms with Crippen molar-refractivity contribution < 1.29 is 9.84 Å². The Kier molecular flexibility index (Phi) is 7.39. The molecule has 3 aromatic rings. The zero-order valence-corrected chi connectivity index (χ0v) is 19.7. The number of H-pyrrole nitrogens is 1. The van der Waals surface area contributed by atoms with Gasteiger partial charge >= 0.3 is 0 Å². The molecular formula is C24H34N6O3. The molecular weight excluding hydrogens is 420 g/mol. The molecule has 0 radical (unpaired) electrons. The van der Waals surface area contributed by atoms with Gasteiger partial charge in [-0.1, -0.05) is 33.1 Å². The summed E-state index contributed by atoms with van der Waals surface area (Å²) < 4.78 is 7.26. The molecule has 1 aliphatic rings. The lowest BCUT2D eigenvalue weighted by Gasteiger charge is -2.34. The minimum atomic E-state index is -0.145. The molecule has 1 saturated carbocycles. The quantitative estimate of drug-likeness (QED) is 0.511. The van der Waals surface area contributed by atoms with Crippen LogP contribution < -0.4 is 10.3 Å². The number of aromatic amines is 1. The second-order valence-electron chi connectivity index (χ2n) is 9.23. The largest absolute Gasteiger partial charge is 0.497 e. The molecule has 0 bridgehead atoms. The molecule has 2 N–H and O–H groups in total. The van der Waals surface area contributed by atoms with Crippen molar-refractivity contribution in [2.45, 2.75) is 64.6 Å². The number of methoxy groups -OCH3 is 1. The van der Waals surface area contributed by atoms with Crippen LogP contribution in [0.25, 0.3) is 10.9 Å². The van der Waals surface area contributed by atoms with Crippen molar-refractivity contribution >= 4 is 10.9 Å². The molecule has 4 rings (SSSR count). The number of tetrazole rings is 1. The first kappa shape index (κ1) is 23.4. The van der Waals surface area contributed by atoms with Gasteiger partial charge in [0.2, 0.25) is 0 Å². The average Bonchev–Trinajstić information content (AvgIpc) is 3.29. The van der Waals surface area contributed by atoms with Crippen LogP contribution in [0.4, 0.5) is 0 Å². The van der Waals surface area contributed by atoms with Crippen molar-refractivity contribution in [3.8, 4) is 5.75 Å². The lowest BCUT2D eigenvalue weighted by molar-refractivity contribution is 0.103. The monoisotopic (exact) mass is 454 g/mol. The van der Waals surface area contributed by atoms with Gasteiger partial charge in [-0.25, -0.2) is 4.68 Å². The lowest BCUT2D eigenvalue weighted by atomic mass is 9.94.